The van der Waals surface area contributed by atoms with Crippen LogP contribution in [0.15, 0.2) is 24.4 Å². The molecule has 25 heavy (non-hydrogen) atoms. The molecule has 5 nitrogen and oxygen atoms in total. The number of aryl methyl sites for hydroxylation is 1. The summed E-state index contributed by atoms with van der Waals surface area (Å²) in [6.45, 7) is 2.02. The van der Waals surface area contributed by atoms with E-state index in [1.165, 1.54) is 17.7 Å². The predicted octanol–water partition coefficient (Wildman–Crippen LogP) is 4.43. The Labute approximate surface area is 152 Å². The summed E-state index contributed by atoms with van der Waals surface area (Å²) in [5, 5.41) is 14.3. The minimum absolute atomic E-state index is 0.391. The van der Waals surface area contributed by atoms with Gasteiger partial charge in [-0.15, -0.1) is 0 Å². The fourth-order valence-electron chi connectivity index (χ4n) is 3.20. The number of halogens is 1. The molecule has 0 amide bonds. The Kier molecular flexibility index (Phi) is 5.63. The van der Waals surface area contributed by atoms with Gasteiger partial charge in [-0.2, -0.15) is 5.10 Å². The second kappa shape index (κ2) is 7.91. The van der Waals surface area contributed by atoms with Crippen LogP contribution in [0.5, 0.6) is 5.75 Å². The van der Waals surface area contributed by atoms with Crippen LogP contribution < -0.4 is 4.74 Å². The Morgan fingerprint density at radius 3 is 2.96 bits per heavy atom. The third-order valence-electron chi connectivity index (χ3n) is 4.59. The van der Waals surface area contributed by atoms with Gasteiger partial charge in [-0.1, -0.05) is 24.9 Å². The number of rotatable bonds is 7. The normalized spacial score (nSPS) is 14.8. The quantitative estimate of drug-likeness (QED) is 0.791. The van der Waals surface area contributed by atoms with Crippen molar-refractivity contribution >= 4 is 17.6 Å². The van der Waals surface area contributed by atoms with E-state index in [2.05, 4.69) is 5.10 Å². The molecule has 6 heteroatoms. The number of carboxylic acids is 1. The Balaban J connectivity index is 1.88. The molecule has 1 atom stereocenters. The minimum atomic E-state index is -0.966. The highest BCUT2D eigenvalue weighted by Crippen LogP contribution is 2.31. The maximum Gasteiger partial charge on any atom is 0.344 e. The second-order valence-electron chi connectivity index (χ2n) is 6.44. The van der Waals surface area contributed by atoms with Crippen molar-refractivity contribution < 1.29 is 14.6 Å². The molecule has 3 rings (SSSR count). The van der Waals surface area contributed by atoms with E-state index >= 15 is 0 Å². The van der Waals surface area contributed by atoms with Crippen molar-refractivity contribution in [1.29, 1.82) is 0 Å². The summed E-state index contributed by atoms with van der Waals surface area (Å²) >= 11 is 6.24. The van der Waals surface area contributed by atoms with Gasteiger partial charge in [0.25, 0.3) is 0 Å². The van der Waals surface area contributed by atoms with Gasteiger partial charge in [-0.05, 0) is 56.2 Å². The molecule has 0 spiro atoms. The van der Waals surface area contributed by atoms with E-state index in [1.807, 2.05) is 23.9 Å². The molecule has 1 aromatic heterocycles. The number of nitrogens with zero attached hydrogens (tertiary/aromatic N) is 2. The lowest BCUT2D eigenvalue weighted by Gasteiger charge is -2.18. The van der Waals surface area contributed by atoms with Crippen molar-refractivity contribution in [2.24, 2.45) is 0 Å². The van der Waals surface area contributed by atoms with Crippen LogP contribution in [0.1, 0.15) is 50.3 Å². The van der Waals surface area contributed by atoms with E-state index in [0.29, 0.717) is 17.2 Å². The Morgan fingerprint density at radius 2 is 2.20 bits per heavy atom. The first-order valence-electron chi connectivity index (χ1n) is 8.85. The molecule has 134 valence electrons. The summed E-state index contributed by atoms with van der Waals surface area (Å²) in [6.07, 6.45) is 7.63. The van der Waals surface area contributed by atoms with Crippen LogP contribution in [-0.4, -0.2) is 27.0 Å². The maximum atomic E-state index is 11.4. The number of benzene rings is 1. The van der Waals surface area contributed by atoms with Crippen molar-refractivity contribution in [3.63, 3.8) is 0 Å². The minimum Gasteiger partial charge on any atom is -0.479 e. The monoisotopic (exact) mass is 362 g/mol. The highest BCUT2D eigenvalue weighted by Gasteiger charge is 2.21. The van der Waals surface area contributed by atoms with Gasteiger partial charge in [-0.3, -0.25) is 0 Å². The second-order valence-corrected chi connectivity index (χ2v) is 6.84. The molecular weight excluding hydrogens is 340 g/mol. The van der Waals surface area contributed by atoms with Crippen molar-refractivity contribution in [1.82, 2.24) is 9.78 Å². The lowest BCUT2D eigenvalue weighted by atomic mass is 9.98. The number of carboxylic acid groups (broad SMARTS) is 1. The van der Waals surface area contributed by atoms with E-state index < -0.39 is 12.1 Å². The molecule has 0 saturated carbocycles. The van der Waals surface area contributed by atoms with Crippen LogP contribution in [-0.2, 0) is 17.6 Å². The molecule has 1 heterocycles. The third kappa shape index (κ3) is 3.98. The molecule has 0 bridgehead atoms. The molecule has 1 aliphatic carbocycles. The van der Waals surface area contributed by atoms with Gasteiger partial charge in [0.05, 0.1) is 16.9 Å². The largest absolute Gasteiger partial charge is 0.479 e. The number of ether oxygens (including phenoxy) is 1. The van der Waals surface area contributed by atoms with Crippen LogP contribution in [0.2, 0.25) is 5.02 Å². The standard InChI is InChI=1S/C19H23ClN2O3/c1-2-3-8-17(19(23)24)25-18-11-14(9-10-15(18)20)22-16-7-5-4-6-13(16)12-21-22/h9-12,17H,2-8H2,1H3,(H,23,24). The first-order chi connectivity index (χ1) is 12.1. The number of fused-ring (bicyclic) bond motifs is 1. The Morgan fingerprint density at radius 1 is 1.40 bits per heavy atom. The lowest BCUT2D eigenvalue weighted by molar-refractivity contribution is -0.145. The first kappa shape index (κ1) is 17.8. The molecule has 1 aromatic carbocycles. The maximum absolute atomic E-state index is 11.4. The summed E-state index contributed by atoms with van der Waals surface area (Å²) in [5.74, 6) is -0.575. The zero-order chi connectivity index (χ0) is 17.8. The first-order valence-corrected chi connectivity index (χ1v) is 9.23. The van der Waals surface area contributed by atoms with Gasteiger partial charge in [0.1, 0.15) is 5.75 Å². The van der Waals surface area contributed by atoms with Crippen LogP contribution >= 0.6 is 11.6 Å². The molecule has 0 saturated heterocycles. The number of carbonyl (C=O) groups is 1. The summed E-state index contributed by atoms with van der Waals surface area (Å²) in [4.78, 5) is 11.4. The summed E-state index contributed by atoms with van der Waals surface area (Å²) in [7, 11) is 0. The Hall–Kier alpha value is -2.01. The van der Waals surface area contributed by atoms with Crippen molar-refractivity contribution in [2.45, 2.75) is 58.0 Å². The molecule has 0 aliphatic heterocycles. The number of hydrogen-bond acceptors (Lipinski definition) is 3. The molecule has 1 aliphatic rings. The van der Waals surface area contributed by atoms with E-state index in [1.54, 1.807) is 12.1 Å². The molecule has 1 unspecified atom stereocenters. The number of unbranched alkanes of at least 4 members (excludes halogenated alkanes) is 1. The van der Waals surface area contributed by atoms with Crippen molar-refractivity contribution in [3.8, 4) is 11.4 Å². The average Bonchev–Trinajstić information content (AvgIpc) is 3.04. The van der Waals surface area contributed by atoms with Crippen molar-refractivity contribution in [2.75, 3.05) is 0 Å². The smallest absolute Gasteiger partial charge is 0.344 e. The van der Waals surface area contributed by atoms with Gasteiger partial charge in [-0.25, -0.2) is 9.48 Å². The van der Waals surface area contributed by atoms with E-state index in [0.717, 1.165) is 37.8 Å². The fraction of sp³-hybridized carbons (Fsp3) is 0.474. The fourth-order valence-corrected chi connectivity index (χ4v) is 3.37. The van der Waals surface area contributed by atoms with Crippen LogP contribution in [0.3, 0.4) is 0 Å². The number of hydrogen-bond donors (Lipinski definition) is 1. The molecule has 0 fully saturated rings. The summed E-state index contributed by atoms with van der Waals surface area (Å²) in [6, 6.07) is 5.41. The average molecular weight is 363 g/mol. The lowest BCUT2D eigenvalue weighted by Crippen LogP contribution is -2.27. The van der Waals surface area contributed by atoms with E-state index in [4.69, 9.17) is 16.3 Å². The highest BCUT2D eigenvalue weighted by atomic mass is 35.5. The molecule has 2 aromatic rings. The van der Waals surface area contributed by atoms with E-state index in [-0.39, 0.29) is 0 Å². The van der Waals surface area contributed by atoms with Gasteiger partial charge < -0.3 is 9.84 Å². The molecular formula is C19H23ClN2O3. The highest BCUT2D eigenvalue weighted by molar-refractivity contribution is 6.32. The molecule has 0 radical (unpaired) electrons. The van der Waals surface area contributed by atoms with Gasteiger partial charge in [0.2, 0.25) is 0 Å². The van der Waals surface area contributed by atoms with Gasteiger partial charge in [0.15, 0.2) is 6.10 Å². The summed E-state index contributed by atoms with van der Waals surface area (Å²) < 4.78 is 7.64. The predicted molar refractivity (Wildman–Crippen MR) is 96.8 cm³/mol. The van der Waals surface area contributed by atoms with Crippen molar-refractivity contribution in [3.05, 3.63) is 40.7 Å². The third-order valence-corrected chi connectivity index (χ3v) is 4.90. The summed E-state index contributed by atoms with van der Waals surface area (Å²) in [5.41, 5.74) is 3.36. The topological polar surface area (TPSA) is 64.4 Å². The number of aromatic nitrogens is 2. The van der Waals surface area contributed by atoms with E-state index in [9.17, 15) is 9.90 Å². The Bertz CT molecular complexity index is 757. The van der Waals surface area contributed by atoms with Gasteiger partial charge in [0, 0.05) is 11.8 Å². The van der Waals surface area contributed by atoms with Crippen LogP contribution in [0, 0.1) is 0 Å². The van der Waals surface area contributed by atoms with Gasteiger partial charge >= 0.3 is 5.97 Å². The zero-order valence-corrected chi connectivity index (χ0v) is 15.1. The SMILES string of the molecule is CCCCC(Oc1cc(-n2ncc3c2CCCC3)ccc1Cl)C(=O)O. The van der Waals surface area contributed by atoms with Crippen LogP contribution in [0.25, 0.3) is 5.69 Å². The van der Waals surface area contributed by atoms with Crippen LogP contribution in [0.4, 0.5) is 0 Å². The number of aliphatic carboxylic acids is 1. The molecule has 1 N–H and O–H groups in total. The zero-order valence-electron chi connectivity index (χ0n) is 14.4.